The second-order valence-electron chi connectivity index (χ2n) is 14.1. The van der Waals surface area contributed by atoms with E-state index in [1.54, 1.807) is 0 Å². The molecule has 0 N–H and O–H groups in total. The molecule has 1 aliphatic heterocycles. The van der Waals surface area contributed by atoms with E-state index in [9.17, 15) is 0 Å². The fourth-order valence-electron chi connectivity index (χ4n) is 8.73. The van der Waals surface area contributed by atoms with Gasteiger partial charge in [-0.2, -0.15) is 0 Å². The molecule has 0 spiro atoms. The standard InChI is InChI=1S/C52H38N2Si/c1-5-20-41(21-6-1)53(43-34-32-40(33-35-43)48-29-17-19-39-18-13-14-28-47(39)48)44-36-37-50-52(38-44)55(45-24-9-3-10-25-45,46-26-11-4-12-27-46)51-31-16-15-30-49(51)54(50)42-22-7-2-8-23-42/h1-38H. The number of hydrogen-bond donors (Lipinski definition) is 0. The van der Waals surface area contributed by atoms with Gasteiger partial charge in [0, 0.05) is 34.1 Å². The average Bonchev–Trinajstić information content (AvgIpc) is 3.27. The fourth-order valence-corrected chi connectivity index (χ4v) is 13.9. The van der Waals surface area contributed by atoms with Crippen LogP contribution in [0.15, 0.2) is 231 Å². The van der Waals surface area contributed by atoms with Gasteiger partial charge >= 0.3 is 0 Å². The molecular weight excluding hydrogens is 681 g/mol. The quantitative estimate of drug-likeness (QED) is 0.151. The van der Waals surface area contributed by atoms with Crippen LogP contribution < -0.4 is 30.5 Å². The topological polar surface area (TPSA) is 6.48 Å². The summed E-state index contributed by atoms with van der Waals surface area (Å²) in [6.45, 7) is 0. The molecule has 0 aliphatic carbocycles. The van der Waals surface area contributed by atoms with E-state index in [1.165, 1.54) is 54.0 Å². The van der Waals surface area contributed by atoms with Crippen LogP contribution in [0.25, 0.3) is 21.9 Å². The molecule has 0 radical (unpaired) electrons. The van der Waals surface area contributed by atoms with Crippen molar-refractivity contribution >= 4 is 73.7 Å². The summed E-state index contributed by atoms with van der Waals surface area (Å²) in [7, 11) is -2.88. The van der Waals surface area contributed by atoms with Crippen LogP contribution >= 0.6 is 0 Å². The van der Waals surface area contributed by atoms with Crippen LogP contribution in [0.2, 0.25) is 0 Å². The summed E-state index contributed by atoms with van der Waals surface area (Å²) in [5.74, 6) is 0. The third-order valence-corrected chi connectivity index (χ3v) is 15.9. The van der Waals surface area contributed by atoms with Crippen molar-refractivity contribution in [2.24, 2.45) is 0 Å². The minimum absolute atomic E-state index is 1.11. The first-order valence-corrected chi connectivity index (χ1v) is 20.9. The van der Waals surface area contributed by atoms with Crippen LogP contribution in [0, 0.1) is 0 Å². The highest BCUT2D eigenvalue weighted by Crippen LogP contribution is 2.42. The molecule has 0 fully saturated rings. The highest BCUT2D eigenvalue weighted by molar-refractivity contribution is 7.21. The number of para-hydroxylation sites is 3. The molecule has 9 aromatic rings. The Labute approximate surface area is 323 Å². The molecule has 9 aromatic carbocycles. The van der Waals surface area contributed by atoms with Gasteiger partial charge in [0.1, 0.15) is 0 Å². The molecule has 10 rings (SSSR count). The summed E-state index contributed by atoms with van der Waals surface area (Å²) in [6, 6.07) is 84.6. The van der Waals surface area contributed by atoms with E-state index in [-0.39, 0.29) is 0 Å². The van der Waals surface area contributed by atoms with Crippen molar-refractivity contribution in [2.75, 3.05) is 9.80 Å². The molecule has 0 saturated carbocycles. The molecule has 260 valence electrons. The van der Waals surface area contributed by atoms with Gasteiger partial charge in [-0.15, -0.1) is 0 Å². The van der Waals surface area contributed by atoms with E-state index in [1.807, 2.05) is 0 Å². The van der Waals surface area contributed by atoms with Gasteiger partial charge in [-0.3, -0.25) is 0 Å². The van der Waals surface area contributed by atoms with E-state index in [4.69, 9.17) is 0 Å². The van der Waals surface area contributed by atoms with E-state index >= 15 is 0 Å². The maximum atomic E-state index is 2.50. The second kappa shape index (κ2) is 13.8. The Kier molecular flexibility index (Phi) is 8.20. The van der Waals surface area contributed by atoms with Gasteiger partial charge in [0.2, 0.25) is 0 Å². The van der Waals surface area contributed by atoms with Gasteiger partial charge in [0.15, 0.2) is 8.07 Å². The molecule has 1 aliphatic rings. The SMILES string of the molecule is c1ccc(N(c2ccc(-c3cccc4ccccc34)cc2)c2ccc3c(c2)[Si](c2ccccc2)(c2ccccc2)c2ccccc2N3c2ccccc2)cc1. The zero-order valence-electron chi connectivity index (χ0n) is 30.3. The summed E-state index contributed by atoms with van der Waals surface area (Å²) < 4.78 is 0. The molecule has 0 aromatic heterocycles. The number of nitrogens with zero attached hydrogens (tertiary/aromatic N) is 2. The highest BCUT2D eigenvalue weighted by atomic mass is 28.3. The Bertz CT molecular complexity index is 2700. The van der Waals surface area contributed by atoms with Crippen LogP contribution in [-0.2, 0) is 0 Å². The van der Waals surface area contributed by atoms with Crippen molar-refractivity contribution in [3.8, 4) is 11.1 Å². The zero-order valence-corrected chi connectivity index (χ0v) is 31.3. The smallest absolute Gasteiger partial charge is 0.184 e. The molecule has 0 amide bonds. The van der Waals surface area contributed by atoms with Crippen LogP contribution in [0.4, 0.5) is 34.1 Å². The summed E-state index contributed by atoms with van der Waals surface area (Å²) in [5.41, 5.74) is 9.39. The Morgan fingerprint density at radius 1 is 0.364 bits per heavy atom. The Hall–Kier alpha value is -6.94. The highest BCUT2D eigenvalue weighted by Gasteiger charge is 2.49. The monoisotopic (exact) mass is 718 g/mol. The van der Waals surface area contributed by atoms with Crippen molar-refractivity contribution in [1.29, 1.82) is 0 Å². The lowest BCUT2D eigenvalue weighted by Crippen LogP contribution is -2.77. The predicted octanol–water partition coefficient (Wildman–Crippen LogP) is 11.1. The molecule has 0 atom stereocenters. The van der Waals surface area contributed by atoms with Crippen molar-refractivity contribution < 1.29 is 0 Å². The third-order valence-electron chi connectivity index (χ3n) is 11.1. The fraction of sp³-hybridized carbons (Fsp3) is 0. The van der Waals surface area contributed by atoms with Crippen molar-refractivity contribution in [1.82, 2.24) is 0 Å². The van der Waals surface area contributed by atoms with Crippen LogP contribution in [0.1, 0.15) is 0 Å². The first kappa shape index (κ1) is 32.7. The normalized spacial score (nSPS) is 12.8. The van der Waals surface area contributed by atoms with Gasteiger partial charge in [-0.05, 0) is 103 Å². The van der Waals surface area contributed by atoms with Crippen LogP contribution in [-0.4, -0.2) is 8.07 Å². The first-order chi connectivity index (χ1) is 27.3. The lowest BCUT2D eigenvalue weighted by Gasteiger charge is -2.45. The Morgan fingerprint density at radius 2 is 0.891 bits per heavy atom. The number of fused-ring (bicyclic) bond motifs is 3. The molecule has 1 heterocycles. The van der Waals surface area contributed by atoms with Gasteiger partial charge < -0.3 is 9.80 Å². The lowest BCUT2D eigenvalue weighted by molar-refractivity contribution is 1.26. The van der Waals surface area contributed by atoms with Gasteiger partial charge in [0.25, 0.3) is 0 Å². The van der Waals surface area contributed by atoms with Crippen molar-refractivity contribution in [3.63, 3.8) is 0 Å². The minimum atomic E-state index is -2.88. The molecular formula is C52H38N2Si. The van der Waals surface area contributed by atoms with E-state index in [0.717, 1.165) is 22.7 Å². The summed E-state index contributed by atoms with van der Waals surface area (Å²) in [4.78, 5) is 4.88. The van der Waals surface area contributed by atoms with E-state index in [2.05, 4.69) is 240 Å². The average molecular weight is 719 g/mol. The molecule has 0 bridgehead atoms. The Morgan fingerprint density at radius 3 is 1.60 bits per heavy atom. The predicted molar refractivity (Wildman–Crippen MR) is 236 cm³/mol. The zero-order chi connectivity index (χ0) is 36.6. The number of rotatable bonds is 7. The first-order valence-electron chi connectivity index (χ1n) is 18.9. The van der Waals surface area contributed by atoms with Crippen molar-refractivity contribution in [2.45, 2.75) is 0 Å². The number of anilines is 6. The molecule has 0 saturated heterocycles. The van der Waals surface area contributed by atoms with Crippen LogP contribution in [0.3, 0.4) is 0 Å². The number of benzene rings is 9. The largest absolute Gasteiger partial charge is 0.311 e. The molecule has 55 heavy (non-hydrogen) atoms. The van der Waals surface area contributed by atoms with Gasteiger partial charge in [-0.25, -0.2) is 0 Å². The van der Waals surface area contributed by atoms with Crippen LogP contribution in [0.5, 0.6) is 0 Å². The van der Waals surface area contributed by atoms with Gasteiger partial charge in [0.05, 0.1) is 0 Å². The maximum Gasteiger partial charge on any atom is 0.184 e. The maximum absolute atomic E-state index is 2.88. The summed E-state index contributed by atoms with van der Waals surface area (Å²) >= 11 is 0. The molecule has 3 heteroatoms. The van der Waals surface area contributed by atoms with E-state index < -0.39 is 8.07 Å². The minimum Gasteiger partial charge on any atom is -0.311 e. The van der Waals surface area contributed by atoms with Crippen molar-refractivity contribution in [3.05, 3.63) is 231 Å². The van der Waals surface area contributed by atoms with E-state index in [0.29, 0.717) is 0 Å². The second-order valence-corrected chi connectivity index (χ2v) is 17.8. The third kappa shape index (κ3) is 5.48. The number of hydrogen-bond acceptors (Lipinski definition) is 2. The molecule has 2 nitrogen and oxygen atoms in total. The lowest BCUT2D eigenvalue weighted by atomic mass is 9.98. The van der Waals surface area contributed by atoms with Gasteiger partial charge in [-0.1, -0.05) is 170 Å². The molecule has 0 unspecified atom stereocenters. The Balaban J connectivity index is 1.23. The summed E-state index contributed by atoms with van der Waals surface area (Å²) in [6.07, 6.45) is 0. The summed E-state index contributed by atoms with van der Waals surface area (Å²) in [5, 5.41) is 7.99.